The third kappa shape index (κ3) is 5.66. The Balaban J connectivity index is 0.00000300. The van der Waals surface area contributed by atoms with Crippen LogP contribution in [0.1, 0.15) is 24.3 Å². The second kappa shape index (κ2) is 10.4. The molecule has 2 aromatic carbocycles. The van der Waals surface area contributed by atoms with Crippen LogP contribution in [-0.2, 0) is 16.1 Å². The molecule has 0 spiro atoms. The van der Waals surface area contributed by atoms with Crippen LogP contribution in [0.4, 0.5) is 0 Å². The number of rotatable bonds is 8. The van der Waals surface area contributed by atoms with E-state index in [0.717, 1.165) is 16.8 Å². The predicted octanol–water partition coefficient (Wildman–Crippen LogP) is 3.11. The lowest BCUT2D eigenvalue weighted by Crippen LogP contribution is -2.34. The molecule has 1 unspecified atom stereocenters. The van der Waals surface area contributed by atoms with Crippen molar-refractivity contribution in [2.24, 2.45) is 5.73 Å². The third-order valence-electron chi connectivity index (χ3n) is 4.20. The van der Waals surface area contributed by atoms with Gasteiger partial charge >= 0.3 is 0 Å². The number of ether oxygens (including phenoxy) is 1. The van der Waals surface area contributed by atoms with E-state index in [0.29, 0.717) is 18.7 Å². The predicted molar refractivity (Wildman–Crippen MR) is 115 cm³/mol. The van der Waals surface area contributed by atoms with Crippen LogP contribution in [0.5, 0.6) is 0 Å². The topological polar surface area (TPSA) is 106 Å². The first-order valence-electron chi connectivity index (χ1n) is 9.01. The highest BCUT2D eigenvalue weighted by Crippen LogP contribution is 2.18. The Hall–Kier alpha value is -3.16. The van der Waals surface area contributed by atoms with Crippen LogP contribution >= 0.6 is 12.4 Å². The zero-order valence-electron chi connectivity index (χ0n) is 16.0. The molecule has 0 aliphatic heterocycles. The van der Waals surface area contributed by atoms with Gasteiger partial charge in [0.1, 0.15) is 5.84 Å². The van der Waals surface area contributed by atoms with Gasteiger partial charge in [0.15, 0.2) is 0 Å². The van der Waals surface area contributed by atoms with Crippen LogP contribution in [0.25, 0.3) is 11.3 Å². The summed E-state index contributed by atoms with van der Waals surface area (Å²) in [4.78, 5) is 12.7. The van der Waals surface area contributed by atoms with Crippen molar-refractivity contribution < 1.29 is 9.53 Å². The van der Waals surface area contributed by atoms with Gasteiger partial charge in [-0.25, -0.2) is 4.68 Å². The molecule has 1 amide bonds. The molecule has 0 fully saturated rings. The minimum atomic E-state index is -0.848. The maximum absolute atomic E-state index is 12.7. The number of carbonyl (C=O) groups excluding carboxylic acids is 1. The van der Waals surface area contributed by atoms with Gasteiger partial charge in [-0.1, -0.05) is 54.6 Å². The van der Waals surface area contributed by atoms with E-state index >= 15 is 0 Å². The van der Waals surface area contributed by atoms with E-state index in [1.165, 1.54) is 4.68 Å². The van der Waals surface area contributed by atoms with Crippen LogP contribution in [0.15, 0.2) is 66.9 Å². The number of benzene rings is 2. The lowest BCUT2D eigenvalue weighted by atomic mass is 10.1. The van der Waals surface area contributed by atoms with Crippen molar-refractivity contribution in [2.45, 2.75) is 19.7 Å². The van der Waals surface area contributed by atoms with Crippen molar-refractivity contribution in [2.75, 3.05) is 6.61 Å². The van der Waals surface area contributed by atoms with Gasteiger partial charge in [0.25, 0.3) is 5.91 Å². The summed E-state index contributed by atoms with van der Waals surface area (Å²) in [6.07, 6.45) is 0.892. The molecule has 3 rings (SSSR count). The van der Waals surface area contributed by atoms with E-state index < -0.39 is 6.23 Å². The molecule has 0 saturated heterocycles. The van der Waals surface area contributed by atoms with E-state index in [1.54, 1.807) is 18.3 Å². The lowest BCUT2D eigenvalue weighted by molar-refractivity contribution is -0.139. The molecular weight excluding hydrogens is 390 g/mol. The minimum Gasteiger partial charge on any atom is -0.384 e. The summed E-state index contributed by atoms with van der Waals surface area (Å²) in [5, 5.41) is 14.8. The van der Waals surface area contributed by atoms with Crippen molar-refractivity contribution in [1.82, 2.24) is 15.1 Å². The van der Waals surface area contributed by atoms with Gasteiger partial charge in [0.05, 0.1) is 5.69 Å². The molecule has 1 atom stereocenters. The Morgan fingerprint density at radius 1 is 1.17 bits per heavy atom. The number of nitrogens with zero attached hydrogens (tertiary/aromatic N) is 2. The van der Waals surface area contributed by atoms with E-state index in [4.69, 9.17) is 15.9 Å². The van der Waals surface area contributed by atoms with Gasteiger partial charge in [0, 0.05) is 30.5 Å². The summed E-state index contributed by atoms with van der Waals surface area (Å²) >= 11 is 0. The summed E-state index contributed by atoms with van der Waals surface area (Å²) in [6.45, 7) is 2.56. The van der Waals surface area contributed by atoms with Gasteiger partial charge in [-0.05, 0) is 18.6 Å². The summed E-state index contributed by atoms with van der Waals surface area (Å²) in [7, 11) is 0. The molecule has 8 heteroatoms. The van der Waals surface area contributed by atoms with Crippen molar-refractivity contribution in [3.63, 3.8) is 0 Å². The third-order valence-corrected chi connectivity index (χ3v) is 4.20. The standard InChI is InChI=1S/C21H23N5O2.ClH/c1-2-28-21(26-13-12-18(25-26)16-6-4-3-5-7-16)20(27)24-14-15-8-10-17(11-9-15)19(22)23;/h3-13,21H,2,14H2,1H3,(H3,22,23)(H,24,27);1H. The van der Waals surface area contributed by atoms with Gasteiger partial charge in [-0.2, -0.15) is 5.10 Å². The quantitative estimate of drug-likeness (QED) is 0.389. The molecule has 152 valence electrons. The second-order valence-corrected chi connectivity index (χ2v) is 6.18. The molecule has 0 bridgehead atoms. The highest BCUT2D eigenvalue weighted by Gasteiger charge is 2.21. The molecule has 0 saturated carbocycles. The monoisotopic (exact) mass is 413 g/mol. The molecule has 29 heavy (non-hydrogen) atoms. The van der Waals surface area contributed by atoms with Gasteiger partial charge in [-0.3, -0.25) is 10.2 Å². The zero-order valence-corrected chi connectivity index (χ0v) is 16.9. The number of halogens is 1. The summed E-state index contributed by atoms with van der Waals surface area (Å²) in [6, 6.07) is 18.8. The number of nitrogen functional groups attached to an aromatic ring is 1. The Kier molecular flexibility index (Phi) is 7.94. The highest BCUT2D eigenvalue weighted by atomic mass is 35.5. The van der Waals surface area contributed by atoms with Crippen LogP contribution in [0, 0.1) is 5.41 Å². The first-order chi connectivity index (χ1) is 13.6. The molecule has 4 N–H and O–H groups in total. The smallest absolute Gasteiger partial charge is 0.272 e. The first-order valence-corrected chi connectivity index (χ1v) is 9.01. The number of hydrogen-bond acceptors (Lipinski definition) is 4. The average molecular weight is 414 g/mol. The van der Waals surface area contributed by atoms with Crippen LogP contribution in [-0.4, -0.2) is 28.1 Å². The maximum atomic E-state index is 12.7. The van der Waals surface area contributed by atoms with Gasteiger partial charge < -0.3 is 15.8 Å². The molecule has 0 radical (unpaired) electrons. The molecule has 0 aliphatic rings. The van der Waals surface area contributed by atoms with Crippen LogP contribution < -0.4 is 11.1 Å². The fourth-order valence-electron chi connectivity index (χ4n) is 2.74. The number of amides is 1. The Bertz CT molecular complexity index is 941. The molecule has 1 heterocycles. The number of nitrogens with two attached hydrogens (primary N) is 1. The Morgan fingerprint density at radius 3 is 2.48 bits per heavy atom. The SMILES string of the molecule is CCOC(C(=O)NCc1ccc(C(=N)N)cc1)n1ccc(-c2ccccc2)n1.Cl. The summed E-state index contributed by atoms with van der Waals surface area (Å²) < 4.78 is 7.15. The van der Waals surface area contributed by atoms with E-state index in [9.17, 15) is 4.79 Å². The van der Waals surface area contributed by atoms with Crippen molar-refractivity contribution in [3.8, 4) is 11.3 Å². The minimum absolute atomic E-state index is 0. The van der Waals surface area contributed by atoms with E-state index in [-0.39, 0.29) is 24.1 Å². The fourth-order valence-corrected chi connectivity index (χ4v) is 2.74. The Labute approximate surface area is 175 Å². The number of aromatic nitrogens is 2. The van der Waals surface area contributed by atoms with E-state index in [1.807, 2.05) is 55.5 Å². The van der Waals surface area contributed by atoms with Crippen molar-refractivity contribution >= 4 is 24.1 Å². The van der Waals surface area contributed by atoms with Crippen LogP contribution in [0.2, 0.25) is 0 Å². The number of nitrogens with one attached hydrogen (secondary N) is 2. The molecule has 7 nitrogen and oxygen atoms in total. The second-order valence-electron chi connectivity index (χ2n) is 6.18. The normalized spacial score (nSPS) is 11.3. The average Bonchev–Trinajstić information content (AvgIpc) is 3.21. The van der Waals surface area contributed by atoms with Gasteiger partial charge in [-0.15, -0.1) is 12.4 Å². The Morgan fingerprint density at radius 2 is 1.86 bits per heavy atom. The van der Waals surface area contributed by atoms with Crippen molar-refractivity contribution in [3.05, 3.63) is 78.0 Å². The zero-order chi connectivity index (χ0) is 19.9. The van der Waals surface area contributed by atoms with Crippen LogP contribution in [0.3, 0.4) is 0 Å². The summed E-state index contributed by atoms with van der Waals surface area (Å²) in [5.41, 5.74) is 8.75. The van der Waals surface area contributed by atoms with E-state index in [2.05, 4.69) is 10.4 Å². The van der Waals surface area contributed by atoms with Gasteiger partial charge in [0.2, 0.25) is 6.23 Å². The number of carbonyl (C=O) groups is 1. The molecule has 3 aromatic rings. The molecule has 0 aliphatic carbocycles. The molecular formula is C21H24ClN5O2. The maximum Gasteiger partial charge on any atom is 0.272 e. The number of hydrogen-bond donors (Lipinski definition) is 3. The fraction of sp³-hybridized carbons (Fsp3) is 0.190. The molecule has 1 aromatic heterocycles. The number of amidine groups is 1. The first kappa shape index (κ1) is 22.1. The van der Waals surface area contributed by atoms with Crippen molar-refractivity contribution in [1.29, 1.82) is 5.41 Å². The largest absolute Gasteiger partial charge is 0.384 e. The highest BCUT2D eigenvalue weighted by molar-refractivity contribution is 5.94. The summed E-state index contributed by atoms with van der Waals surface area (Å²) in [5.74, 6) is -0.264. The lowest BCUT2D eigenvalue weighted by Gasteiger charge is -2.17.